The van der Waals surface area contributed by atoms with E-state index in [1.165, 1.54) is 12.1 Å². The molecule has 2 aromatic carbocycles. The van der Waals surface area contributed by atoms with Gasteiger partial charge in [0, 0.05) is 35.7 Å². The van der Waals surface area contributed by atoms with Gasteiger partial charge in [-0.2, -0.15) is 0 Å². The van der Waals surface area contributed by atoms with Crippen LogP contribution < -0.4 is 10.1 Å². The maximum atomic E-state index is 13.8. The Labute approximate surface area is 122 Å². The van der Waals surface area contributed by atoms with Crippen LogP contribution in [0, 0.1) is 11.6 Å². The van der Waals surface area contributed by atoms with Crippen LogP contribution in [0.2, 0.25) is 0 Å². The van der Waals surface area contributed by atoms with Crippen LogP contribution in [-0.4, -0.2) is 6.61 Å². The normalized spacial score (nSPS) is 18.7. The second kappa shape index (κ2) is 5.82. The van der Waals surface area contributed by atoms with Crippen molar-refractivity contribution in [2.24, 2.45) is 0 Å². The van der Waals surface area contributed by atoms with Gasteiger partial charge in [-0.05, 0) is 19.1 Å². The van der Waals surface area contributed by atoms with Gasteiger partial charge in [0.05, 0.1) is 6.61 Å². The van der Waals surface area contributed by atoms with Gasteiger partial charge in [-0.25, -0.2) is 8.78 Å². The predicted molar refractivity (Wildman–Crippen MR) is 77.2 cm³/mol. The average molecular weight is 289 g/mol. The third-order valence-electron chi connectivity index (χ3n) is 3.84. The summed E-state index contributed by atoms with van der Waals surface area (Å²) in [5.74, 6) is -0.205. The van der Waals surface area contributed by atoms with E-state index in [1.54, 1.807) is 0 Å². The minimum absolute atomic E-state index is 0.106. The minimum atomic E-state index is -0.556. The summed E-state index contributed by atoms with van der Waals surface area (Å²) in [6.07, 6.45) is 0.824. The van der Waals surface area contributed by atoms with Gasteiger partial charge in [-0.3, -0.25) is 0 Å². The van der Waals surface area contributed by atoms with Crippen molar-refractivity contribution in [3.05, 3.63) is 65.2 Å². The standard InChI is InChI=1S/C17H17F2NO/c1-11(13-7-6-12(18)10-15(13)19)20-16-8-9-21-17-5-3-2-4-14(16)17/h2-7,10-11,16,20H,8-9H2,1H3. The zero-order valence-electron chi connectivity index (χ0n) is 11.8. The molecule has 2 aromatic rings. The van der Waals surface area contributed by atoms with Gasteiger partial charge in [0.2, 0.25) is 0 Å². The summed E-state index contributed by atoms with van der Waals surface area (Å²) in [7, 11) is 0. The summed E-state index contributed by atoms with van der Waals surface area (Å²) in [6.45, 7) is 2.52. The van der Waals surface area contributed by atoms with E-state index < -0.39 is 11.6 Å². The van der Waals surface area contributed by atoms with E-state index in [1.807, 2.05) is 31.2 Å². The average Bonchev–Trinajstić information content (AvgIpc) is 2.47. The number of fused-ring (bicyclic) bond motifs is 1. The van der Waals surface area contributed by atoms with E-state index in [4.69, 9.17) is 4.74 Å². The summed E-state index contributed by atoms with van der Waals surface area (Å²) in [5.41, 5.74) is 1.55. The Kier molecular flexibility index (Phi) is 3.88. The van der Waals surface area contributed by atoms with E-state index in [0.29, 0.717) is 12.2 Å². The smallest absolute Gasteiger partial charge is 0.130 e. The maximum Gasteiger partial charge on any atom is 0.130 e. The largest absolute Gasteiger partial charge is 0.493 e. The number of rotatable bonds is 3. The lowest BCUT2D eigenvalue weighted by Gasteiger charge is -2.29. The molecule has 0 spiro atoms. The van der Waals surface area contributed by atoms with Crippen LogP contribution in [0.5, 0.6) is 5.75 Å². The molecule has 0 bridgehead atoms. The van der Waals surface area contributed by atoms with Crippen LogP contribution >= 0.6 is 0 Å². The number of benzene rings is 2. The quantitative estimate of drug-likeness (QED) is 0.917. The van der Waals surface area contributed by atoms with Gasteiger partial charge in [-0.1, -0.05) is 24.3 Å². The Bertz CT molecular complexity index is 644. The zero-order chi connectivity index (χ0) is 14.8. The highest BCUT2D eigenvalue weighted by Crippen LogP contribution is 2.33. The lowest BCUT2D eigenvalue weighted by molar-refractivity contribution is 0.245. The molecule has 0 amide bonds. The van der Waals surface area contributed by atoms with Crippen molar-refractivity contribution in [1.82, 2.24) is 5.32 Å². The summed E-state index contributed by atoms with van der Waals surface area (Å²) >= 11 is 0. The molecule has 1 heterocycles. The Hall–Kier alpha value is -1.94. The minimum Gasteiger partial charge on any atom is -0.493 e. The molecule has 4 heteroatoms. The first-order valence-electron chi connectivity index (χ1n) is 7.08. The van der Waals surface area contributed by atoms with Gasteiger partial charge >= 0.3 is 0 Å². The molecule has 0 saturated carbocycles. The molecule has 0 saturated heterocycles. The van der Waals surface area contributed by atoms with Crippen molar-refractivity contribution in [3.63, 3.8) is 0 Å². The van der Waals surface area contributed by atoms with Crippen molar-refractivity contribution in [2.75, 3.05) is 6.61 Å². The van der Waals surface area contributed by atoms with Crippen LogP contribution in [0.4, 0.5) is 8.78 Å². The van der Waals surface area contributed by atoms with Crippen LogP contribution in [0.1, 0.15) is 36.6 Å². The Balaban J connectivity index is 1.81. The first-order valence-corrected chi connectivity index (χ1v) is 7.08. The number of ether oxygens (including phenoxy) is 1. The number of halogens is 2. The third-order valence-corrected chi connectivity index (χ3v) is 3.84. The number of nitrogens with one attached hydrogen (secondary N) is 1. The molecule has 0 fully saturated rings. The Morgan fingerprint density at radius 2 is 2.00 bits per heavy atom. The van der Waals surface area contributed by atoms with E-state index >= 15 is 0 Å². The van der Waals surface area contributed by atoms with E-state index in [9.17, 15) is 8.78 Å². The fraction of sp³-hybridized carbons (Fsp3) is 0.294. The van der Waals surface area contributed by atoms with E-state index in [0.717, 1.165) is 23.8 Å². The summed E-state index contributed by atoms with van der Waals surface area (Å²) in [4.78, 5) is 0. The van der Waals surface area contributed by atoms with Gasteiger partial charge in [0.1, 0.15) is 17.4 Å². The lowest BCUT2D eigenvalue weighted by atomic mass is 9.98. The van der Waals surface area contributed by atoms with Gasteiger partial charge in [-0.15, -0.1) is 0 Å². The number of para-hydroxylation sites is 1. The fourth-order valence-corrected chi connectivity index (χ4v) is 2.76. The fourth-order valence-electron chi connectivity index (χ4n) is 2.76. The van der Waals surface area contributed by atoms with Crippen molar-refractivity contribution in [2.45, 2.75) is 25.4 Å². The third kappa shape index (κ3) is 2.90. The van der Waals surface area contributed by atoms with E-state index in [-0.39, 0.29) is 12.1 Å². The molecule has 3 rings (SSSR count). The summed E-state index contributed by atoms with van der Waals surface area (Å²) in [6, 6.07) is 11.5. The second-order valence-corrected chi connectivity index (χ2v) is 5.28. The van der Waals surface area contributed by atoms with Crippen LogP contribution in [0.25, 0.3) is 0 Å². The molecule has 110 valence electrons. The highest BCUT2D eigenvalue weighted by Gasteiger charge is 2.23. The maximum absolute atomic E-state index is 13.8. The molecular weight excluding hydrogens is 272 g/mol. The second-order valence-electron chi connectivity index (χ2n) is 5.28. The zero-order valence-corrected chi connectivity index (χ0v) is 11.8. The van der Waals surface area contributed by atoms with Crippen molar-refractivity contribution in [1.29, 1.82) is 0 Å². The van der Waals surface area contributed by atoms with Gasteiger partial charge in [0.25, 0.3) is 0 Å². The lowest BCUT2D eigenvalue weighted by Crippen LogP contribution is -2.29. The molecule has 0 radical (unpaired) electrons. The first-order chi connectivity index (χ1) is 10.1. The molecule has 1 aliphatic rings. The molecule has 2 atom stereocenters. The highest BCUT2D eigenvalue weighted by atomic mass is 19.1. The molecule has 2 unspecified atom stereocenters. The molecule has 0 aliphatic carbocycles. The number of hydrogen-bond donors (Lipinski definition) is 1. The van der Waals surface area contributed by atoms with Gasteiger partial charge < -0.3 is 10.1 Å². The van der Waals surface area contributed by atoms with E-state index in [2.05, 4.69) is 5.32 Å². The summed E-state index contributed by atoms with van der Waals surface area (Å²) < 4.78 is 32.5. The van der Waals surface area contributed by atoms with Crippen LogP contribution in [0.15, 0.2) is 42.5 Å². The van der Waals surface area contributed by atoms with Gasteiger partial charge in [0.15, 0.2) is 0 Å². The molecule has 1 aliphatic heterocycles. The SMILES string of the molecule is CC(NC1CCOc2ccccc21)c1ccc(F)cc1F. The molecular formula is C17H17F2NO. The molecule has 0 aromatic heterocycles. The van der Waals surface area contributed by atoms with Crippen molar-refractivity contribution < 1.29 is 13.5 Å². The topological polar surface area (TPSA) is 21.3 Å². The molecule has 21 heavy (non-hydrogen) atoms. The van der Waals surface area contributed by atoms with Crippen LogP contribution in [0.3, 0.4) is 0 Å². The Morgan fingerprint density at radius 1 is 1.19 bits per heavy atom. The van der Waals surface area contributed by atoms with Crippen LogP contribution in [-0.2, 0) is 0 Å². The predicted octanol–water partition coefficient (Wildman–Crippen LogP) is 4.14. The van der Waals surface area contributed by atoms with Crippen molar-refractivity contribution >= 4 is 0 Å². The Morgan fingerprint density at radius 3 is 2.81 bits per heavy atom. The highest BCUT2D eigenvalue weighted by molar-refractivity contribution is 5.37. The first kappa shape index (κ1) is 14.0. The summed E-state index contributed by atoms with van der Waals surface area (Å²) in [5, 5.41) is 3.41. The van der Waals surface area contributed by atoms with Crippen molar-refractivity contribution in [3.8, 4) is 5.75 Å². The molecule has 1 N–H and O–H groups in total. The molecule has 2 nitrogen and oxygen atoms in total. The monoisotopic (exact) mass is 289 g/mol. The number of hydrogen-bond acceptors (Lipinski definition) is 2.